The molecule has 0 bridgehead atoms. The molecule has 0 radical (unpaired) electrons. The number of hydrogen-bond donors (Lipinski definition) is 1. The average Bonchev–Trinajstić information content (AvgIpc) is 2.57. The van der Waals surface area contributed by atoms with E-state index in [9.17, 15) is 4.79 Å². The molecule has 0 saturated carbocycles. The quantitative estimate of drug-likeness (QED) is 0.884. The van der Waals surface area contributed by atoms with Crippen molar-refractivity contribution in [3.63, 3.8) is 0 Å². The minimum atomic E-state index is -0.147. The van der Waals surface area contributed by atoms with Crippen LogP contribution >= 0.6 is 0 Å². The van der Waals surface area contributed by atoms with Crippen LogP contribution in [0.25, 0.3) is 0 Å². The number of aromatic nitrogens is 2. The van der Waals surface area contributed by atoms with E-state index in [2.05, 4.69) is 0 Å². The number of hydrogen-bond acceptors (Lipinski definition) is 3. The van der Waals surface area contributed by atoms with Crippen molar-refractivity contribution in [2.24, 2.45) is 7.05 Å². The first-order valence-corrected chi connectivity index (χ1v) is 5.69. The molecule has 2 aromatic rings. The summed E-state index contributed by atoms with van der Waals surface area (Å²) in [5.41, 5.74) is 7.70. The maximum atomic E-state index is 11.9. The van der Waals surface area contributed by atoms with E-state index in [1.54, 1.807) is 16.5 Å². The third kappa shape index (κ3) is 1.99. The first kappa shape index (κ1) is 12.3. The Morgan fingerprint density at radius 3 is 2.33 bits per heavy atom. The molecule has 1 aromatic carbocycles. The fourth-order valence-corrected chi connectivity index (χ4v) is 1.87. The van der Waals surface area contributed by atoms with Gasteiger partial charge < -0.3 is 10.5 Å². The minimum absolute atomic E-state index is 0.147. The number of methoxy groups -OCH3 is 1. The van der Waals surface area contributed by atoms with Crippen LogP contribution in [0, 0.1) is 6.92 Å². The van der Waals surface area contributed by atoms with Gasteiger partial charge in [0.05, 0.1) is 19.3 Å². The van der Waals surface area contributed by atoms with Crippen molar-refractivity contribution in [2.45, 2.75) is 13.5 Å². The molecule has 0 fully saturated rings. The second-order valence-corrected chi connectivity index (χ2v) is 4.23. The third-order valence-electron chi connectivity index (χ3n) is 3.19. The Morgan fingerprint density at radius 1 is 1.28 bits per heavy atom. The zero-order valence-corrected chi connectivity index (χ0v) is 10.8. The highest BCUT2D eigenvalue weighted by molar-refractivity contribution is 5.40. The van der Waals surface area contributed by atoms with E-state index in [1.807, 2.05) is 38.2 Å². The van der Waals surface area contributed by atoms with Gasteiger partial charge in [-0.2, -0.15) is 0 Å². The van der Waals surface area contributed by atoms with E-state index in [1.165, 1.54) is 0 Å². The maximum absolute atomic E-state index is 11.9. The van der Waals surface area contributed by atoms with E-state index < -0.39 is 0 Å². The predicted molar refractivity (Wildman–Crippen MR) is 70.9 cm³/mol. The van der Waals surface area contributed by atoms with Crippen molar-refractivity contribution in [1.29, 1.82) is 0 Å². The molecule has 1 heterocycles. The number of nitrogens with two attached hydrogens (primary N) is 1. The van der Waals surface area contributed by atoms with Gasteiger partial charge >= 0.3 is 0 Å². The van der Waals surface area contributed by atoms with Crippen LogP contribution in [0.15, 0.2) is 29.1 Å². The molecule has 2 N–H and O–H groups in total. The van der Waals surface area contributed by atoms with Gasteiger partial charge in [-0.25, -0.2) is 4.68 Å². The van der Waals surface area contributed by atoms with Crippen molar-refractivity contribution in [3.05, 3.63) is 45.9 Å². The molecule has 0 unspecified atom stereocenters. The van der Waals surface area contributed by atoms with Gasteiger partial charge in [-0.15, -0.1) is 0 Å². The number of ether oxygens (including phenoxy) is 1. The van der Waals surface area contributed by atoms with Crippen LogP contribution in [0.2, 0.25) is 0 Å². The fraction of sp³-hybridized carbons (Fsp3) is 0.308. The van der Waals surface area contributed by atoms with E-state index in [-0.39, 0.29) is 5.56 Å². The lowest BCUT2D eigenvalue weighted by Crippen LogP contribution is -2.23. The van der Waals surface area contributed by atoms with Gasteiger partial charge in [0.25, 0.3) is 5.56 Å². The van der Waals surface area contributed by atoms with Gasteiger partial charge in [-0.3, -0.25) is 9.48 Å². The van der Waals surface area contributed by atoms with Crippen LogP contribution in [0.1, 0.15) is 11.3 Å². The summed E-state index contributed by atoms with van der Waals surface area (Å²) < 4.78 is 8.49. The summed E-state index contributed by atoms with van der Waals surface area (Å²) in [7, 11) is 3.46. The van der Waals surface area contributed by atoms with Crippen LogP contribution < -0.4 is 16.0 Å². The van der Waals surface area contributed by atoms with Crippen molar-refractivity contribution in [1.82, 2.24) is 9.36 Å². The van der Waals surface area contributed by atoms with Crippen molar-refractivity contribution in [3.8, 4) is 5.75 Å². The maximum Gasteiger partial charge on any atom is 0.290 e. The Labute approximate surface area is 105 Å². The molecule has 18 heavy (non-hydrogen) atoms. The topological polar surface area (TPSA) is 62.2 Å². The number of benzene rings is 1. The highest BCUT2D eigenvalue weighted by atomic mass is 16.5. The Bertz CT molecular complexity index is 608. The monoisotopic (exact) mass is 247 g/mol. The Balaban J connectivity index is 2.34. The van der Waals surface area contributed by atoms with E-state index >= 15 is 0 Å². The molecule has 0 spiro atoms. The average molecular weight is 247 g/mol. The van der Waals surface area contributed by atoms with Crippen LogP contribution in [0.3, 0.4) is 0 Å². The van der Waals surface area contributed by atoms with Gasteiger partial charge in [-0.05, 0) is 24.6 Å². The SMILES string of the molecule is COc1ccc(Cn2c(=O)c(N)c(C)n2C)cc1. The van der Waals surface area contributed by atoms with Gasteiger partial charge in [0.2, 0.25) is 0 Å². The molecule has 2 rings (SSSR count). The molecule has 0 aliphatic carbocycles. The Morgan fingerprint density at radius 2 is 1.89 bits per heavy atom. The van der Waals surface area contributed by atoms with Crippen LogP contribution in [-0.2, 0) is 13.6 Å². The predicted octanol–water partition coefficient (Wildman–Crippen LogP) is 1.13. The Kier molecular flexibility index (Phi) is 3.14. The largest absolute Gasteiger partial charge is 0.497 e. The summed E-state index contributed by atoms with van der Waals surface area (Å²) >= 11 is 0. The highest BCUT2D eigenvalue weighted by Crippen LogP contribution is 2.13. The summed E-state index contributed by atoms with van der Waals surface area (Å²) in [4.78, 5) is 11.9. The first-order valence-electron chi connectivity index (χ1n) is 5.69. The van der Waals surface area contributed by atoms with Crippen LogP contribution in [0.5, 0.6) is 5.75 Å². The lowest BCUT2D eigenvalue weighted by atomic mass is 10.2. The third-order valence-corrected chi connectivity index (χ3v) is 3.19. The second-order valence-electron chi connectivity index (χ2n) is 4.23. The standard InChI is InChI=1S/C13H17N3O2/c1-9-12(14)13(17)16(15(9)2)8-10-4-6-11(18-3)7-5-10/h4-7H,8,14H2,1-3H3. The summed E-state index contributed by atoms with van der Waals surface area (Å²) in [6, 6.07) is 7.62. The minimum Gasteiger partial charge on any atom is -0.497 e. The lowest BCUT2D eigenvalue weighted by Gasteiger charge is -2.08. The number of nitrogen functional groups attached to an aromatic ring is 1. The fourth-order valence-electron chi connectivity index (χ4n) is 1.87. The number of rotatable bonds is 3. The van der Waals surface area contributed by atoms with E-state index in [4.69, 9.17) is 10.5 Å². The van der Waals surface area contributed by atoms with Crippen molar-refractivity contribution >= 4 is 5.69 Å². The zero-order valence-electron chi connectivity index (χ0n) is 10.8. The van der Waals surface area contributed by atoms with Gasteiger partial charge in [-0.1, -0.05) is 12.1 Å². The van der Waals surface area contributed by atoms with E-state index in [0.717, 1.165) is 17.0 Å². The molecule has 0 aliphatic rings. The lowest BCUT2D eigenvalue weighted by molar-refractivity contribution is 0.414. The van der Waals surface area contributed by atoms with Crippen LogP contribution in [0.4, 0.5) is 5.69 Å². The normalized spacial score (nSPS) is 10.6. The summed E-state index contributed by atoms with van der Waals surface area (Å²) in [6.45, 7) is 2.33. The Hall–Kier alpha value is -2.17. The smallest absolute Gasteiger partial charge is 0.290 e. The second kappa shape index (κ2) is 4.60. The molecule has 96 valence electrons. The molecule has 0 amide bonds. The summed E-state index contributed by atoms with van der Waals surface area (Å²) in [5.74, 6) is 0.800. The van der Waals surface area contributed by atoms with E-state index in [0.29, 0.717) is 12.2 Å². The molecule has 5 heteroatoms. The zero-order chi connectivity index (χ0) is 13.3. The molecule has 0 saturated heterocycles. The number of nitrogens with zero attached hydrogens (tertiary/aromatic N) is 2. The van der Waals surface area contributed by atoms with Crippen molar-refractivity contribution < 1.29 is 4.74 Å². The molecule has 1 aromatic heterocycles. The van der Waals surface area contributed by atoms with Crippen molar-refractivity contribution in [2.75, 3.05) is 12.8 Å². The highest BCUT2D eigenvalue weighted by Gasteiger charge is 2.11. The van der Waals surface area contributed by atoms with Gasteiger partial charge in [0.15, 0.2) is 0 Å². The summed E-state index contributed by atoms with van der Waals surface area (Å²) in [6.07, 6.45) is 0. The van der Waals surface area contributed by atoms with Crippen LogP contribution in [-0.4, -0.2) is 16.5 Å². The first-order chi connectivity index (χ1) is 8.54. The number of anilines is 1. The molecule has 0 aliphatic heterocycles. The molecular formula is C13H17N3O2. The molecular weight excluding hydrogens is 230 g/mol. The van der Waals surface area contributed by atoms with Gasteiger partial charge in [0.1, 0.15) is 11.4 Å². The molecule has 0 atom stereocenters. The summed E-state index contributed by atoms with van der Waals surface area (Å²) in [5, 5.41) is 0. The van der Waals surface area contributed by atoms with Gasteiger partial charge in [0, 0.05) is 7.05 Å². The molecule has 5 nitrogen and oxygen atoms in total.